The van der Waals surface area contributed by atoms with Crippen molar-refractivity contribution in [1.29, 1.82) is 0 Å². The van der Waals surface area contributed by atoms with Crippen LogP contribution in [0.2, 0.25) is 5.02 Å². The Hall–Kier alpha value is -1.98. The van der Waals surface area contributed by atoms with Crippen molar-refractivity contribution < 1.29 is 9.59 Å². The van der Waals surface area contributed by atoms with Crippen LogP contribution in [0.3, 0.4) is 0 Å². The van der Waals surface area contributed by atoms with Gasteiger partial charge in [0.05, 0.1) is 5.75 Å². The molecular weight excluding hydrogens is 380 g/mol. The smallest absolute Gasteiger partial charge is 0.253 e. The second-order valence-corrected chi connectivity index (χ2v) is 7.85. The van der Waals surface area contributed by atoms with Crippen LogP contribution in [0.25, 0.3) is 0 Å². The molecule has 4 nitrogen and oxygen atoms in total. The van der Waals surface area contributed by atoms with Crippen LogP contribution in [0.15, 0.2) is 48.5 Å². The van der Waals surface area contributed by atoms with E-state index in [9.17, 15) is 9.59 Å². The van der Waals surface area contributed by atoms with Crippen molar-refractivity contribution in [2.24, 2.45) is 0 Å². The molecule has 2 rings (SSSR count). The van der Waals surface area contributed by atoms with Crippen molar-refractivity contribution in [3.8, 4) is 0 Å². The van der Waals surface area contributed by atoms with E-state index in [0.29, 0.717) is 24.4 Å². The lowest BCUT2D eigenvalue weighted by Crippen LogP contribution is -2.31. The lowest BCUT2D eigenvalue weighted by Gasteiger charge is -2.21. The topological polar surface area (TPSA) is 40.6 Å². The van der Waals surface area contributed by atoms with Gasteiger partial charge in [-0.15, -0.1) is 11.8 Å². The van der Waals surface area contributed by atoms with Crippen molar-refractivity contribution in [2.45, 2.75) is 19.2 Å². The van der Waals surface area contributed by atoms with E-state index in [-0.39, 0.29) is 11.8 Å². The maximum absolute atomic E-state index is 12.5. The molecule has 0 bridgehead atoms. The maximum atomic E-state index is 12.5. The van der Waals surface area contributed by atoms with Gasteiger partial charge in [0.15, 0.2) is 0 Å². The molecule has 0 unspecified atom stereocenters. The highest BCUT2D eigenvalue weighted by atomic mass is 35.5. The molecule has 0 heterocycles. The fraction of sp³-hybridized carbons (Fsp3) is 0.333. The number of hydrogen-bond acceptors (Lipinski definition) is 3. The van der Waals surface area contributed by atoms with Crippen LogP contribution in [-0.2, 0) is 17.1 Å². The number of rotatable bonds is 8. The van der Waals surface area contributed by atoms with Gasteiger partial charge in [0.2, 0.25) is 5.91 Å². The summed E-state index contributed by atoms with van der Waals surface area (Å²) in [7, 11) is 3.46. The van der Waals surface area contributed by atoms with Crippen molar-refractivity contribution in [3.63, 3.8) is 0 Å². The monoisotopic (exact) mass is 404 g/mol. The van der Waals surface area contributed by atoms with E-state index >= 15 is 0 Å². The summed E-state index contributed by atoms with van der Waals surface area (Å²) in [6.07, 6.45) is 0. The number of hydrogen-bond donors (Lipinski definition) is 0. The fourth-order valence-corrected chi connectivity index (χ4v) is 3.55. The van der Waals surface area contributed by atoms with Gasteiger partial charge in [0, 0.05) is 43.5 Å². The molecule has 6 heteroatoms. The molecule has 0 atom stereocenters. The quantitative estimate of drug-likeness (QED) is 0.657. The highest BCUT2D eigenvalue weighted by Crippen LogP contribution is 2.17. The molecule has 0 aliphatic rings. The van der Waals surface area contributed by atoms with Crippen LogP contribution in [0.1, 0.15) is 28.4 Å². The van der Waals surface area contributed by atoms with E-state index < -0.39 is 0 Å². The molecule has 0 aromatic heterocycles. The van der Waals surface area contributed by atoms with E-state index in [1.807, 2.05) is 60.4 Å². The Morgan fingerprint density at radius 2 is 1.56 bits per heavy atom. The zero-order chi connectivity index (χ0) is 19.8. The Bertz CT molecular complexity index is 761. The number of benzene rings is 2. The van der Waals surface area contributed by atoms with Gasteiger partial charge >= 0.3 is 0 Å². The average molecular weight is 405 g/mol. The predicted molar refractivity (Wildman–Crippen MR) is 113 cm³/mol. The van der Waals surface area contributed by atoms with Crippen molar-refractivity contribution in [2.75, 3.05) is 26.4 Å². The highest BCUT2D eigenvalue weighted by Gasteiger charge is 2.13. The molecule has 27 heavy (non-hydrogen) atoms. The summed E-state index contributed by atoms with van der Waals surface area (Å²) >= 11 is 7.49. The first-order valence-electron chi connectivity index (χ1n) is 8.81. The second-order valence-electron chi connectivity index (χ2n) is 6.42. The van der Waals surface area contributed by atoms with Gasteiger partial charge in [-0.1, -0.05) is 35.9 Å². The molecule has 2 aromatic carbocycles. The Morgan fingerprint density at radius 3 is 2.11 bits per heavy atom. The molecule has 2 aromatic rings. The Morgan fingerprint density at radius 1 is 0.963 bits per heavy atom. The van der Waals surface area contributed by atoms with Crippen LogP contribution >= 0.6 is 23.4 Å². The van der Waals surface area contributed by atoms with E-state index in [0.717, 1.165) is 21.9 Å². The fourth-order valence-electron chi connectivity index (χ4n) is 2.54. The zero-order valence-electron chi connectivity index (χ0n) is 15.9. The minimum atomic E-state index is -0.0245. The van der Waals surface area contributed by atoms with Gasteiger partial charge in [-0.3, -0.25) is 9.59 Å². The van der Waals surface area contributed by atoms with Crippen LogP contribution in [0, 0.1) is 0 Å². The number of nitrogens with zero attached hydrogens (tertiary/aromatic N) is 2. The predicted octanol–water partition coefficient (Wildman–Crippen LogP) is 4.32. The minimum absolute atomic E-state index is 0.0245. The normalized spacial score (nSPS) is 10.5. The highest BCUT2D eigenvalue weighted by molar-refractivity contribution is 7.99. The number of amides is 2. The minimum Gasteiger partial charge on any atom is -0.345 e. The Kier molecular flexibility index (Phi) is 8.20. The average Bonchev–Trinajstić information content (AvgIpc) is 2.67. The van der Waals surface area contributed by atoms with Crippen LogP contribution in [-0.4, -0.2) is 48.0 Å². The van der Waals surface area contributed by atoms with Crippen molar-refractivity contribution >= 4 is 35.2 Å². The molecule has 0 aliphatic heterocycles. The molecule has 0 radical (unpaired) electrons. The molecule has 0 saturated carbocycles. The third-order valence-corrected chi connectivity index (χ3v) is 5.36. The van der Waals surface area contributed by atoms with Crippen molar-refractivity contribution in [3.05, 3.63) is 70.2 Å². The molecule has 0 aliphatic carbocycles. The van der Waals surface area contributed by atoms with Gasteiger partial charge in [-0.2, -0.15) is 0 Å². The summed E-state index contributed by atoms with van der Waals surface area (Å²) in [4.78, 5) is 27.8. The van der Waals surface area contributed by atoms with Gasteiger partial charge < -0.3 is 9.80 Å². The van der Waals surface area contributed by atoms with Gasteiger partial charge in [-0.25, -0.2) is 0 Å². The molecule has 0 saturated heterocycles. The third kappa shape index (κ3) is 6.60. The maximum Gasteiger partial charge on any atom is 0.253 e. The van der Waals surface area contributed by atoms with E-state index in [4.69, 9.17) is 11.6 Å². The number of halogens is 1. The first-order valence-corrected chi connectivity index (χ1v) is 10.3. The van der Waals surface area contributed by atoms with E-state index in [1.165, 1.54) is 0 Å². The lowest BCUT2D eigenvalue weighted by atomic mass is 10.1. The molecule has 144 valence electrons. The molecule has 0 N–H and O–H groups in total. The molecule has 0 spiro atoms. The largest absolute Gasteiger partial charge is 0.345 e. The van der Waals surface area contributed by atoms with Crippen LogP contribution in [0.5, 0.6) is 0 Å². The number of carbonyl (C=O) groups is 2. The van der Waals surface area contributed by atoms with E-state index in [2.05, 4.69) is 0 Å². The number of carbonyl (C=O) groups excluding carboxylic acids is 2. The summed E-state index contributed by atoms with van der Waals surface area (Å²) in [6.45, 7) is 3.18. The second kappa shape index (κ2) is 10.4. The van der Waals surface area contributed by atoms with Gasteiger partial charge in [0.1, 0.15) is 0 Å². The van der Waals surface area contributed by atoms with E-state index in [1.54, 1.807) is 30.8 Å². The van der Waals surface area contributed by atoms with Gasteiger partial charge in [-0.05, 0) is 42.3 Å². The number of thioether (sulfide) groups is 1. The van der Waals surface area contributed by atoms with Gasteiger partial charge in [0.25, 0.3) is 5.91 Å². The first-order chi connectivity index (χ1) is 12.9. The molecule has 2 amide bonds. The summed E-state index contributed by atoms with van der Waals surface area (Å²) in [5, 5.41) is 0.718. The summed E-state index contributed by atoms with van der Waals surface area (Å²) in [6, 6.07) is 15.1. The Labute approximate surface area is 170 Å². The Balaban J connectivity index is 1.87. The first kappa shape index (κ1) is 21.3. The van der Waals surface area contributed by atoms with Crippen LogP contribution < -0.4 is 0 Å². The summed E-state index contributed by atoms with van der Waals surface area (Å²) < 4.78 is 0. The third-order valence-electron chi connectivity index (χ3n) is 4.12. The molecular formula is C21H25ClN2O2S. The van der Waals surface area contributed by atoms with Crippen LogP contribution in [0.4, 0.5) is 0 Å². The van der Waals surface area contributed by atoms with Crippen molar-refractivity contribution in [1.82, 2.24) is 9.80 Å². The standard InChI is InChI=1S/C21H25ClN2O2S/c1-4-24(13-16-5-9-18(10-6-16)21(26)23(2)3)20(25)15-27-14-17-7-11-19(22)12-8-17/h5-12H,4,13-15H2,1-3H3. The summed E-state index contributed by atoms with van der Waals surface area (Å²) in [5.41, 5.74) is 2.82. The SMILES string of the molecule is CCN(Cc1ccc(C(=O)N(C)C)cc1)C(=O)CSCc1ccc(Cl)cc1. The molecule has 0 fully saturated rings. The summed E-state index contributed by atoms with van der Waals surface area (Å²) in [5.74, 6) is 1.31. The zero-order valence-corrected chi connectivity index (χ0v) is 17.5. The lowest BCUT2D eigenvalue weighted by molar-refractivity contribution is -0.128.